The maximum Gasteiger partial charge on any atom is 0.269 e. The second-order valence-corrected chi connectivity index (χ2v) is 4.95. The number of aromatic nitrogens is 2. The largest absolute Gasteiger partial charge is 0.371 e. The summed E-state index contributed by atoms with van der Waals surface area (Å²) in [6.45, 7) is 11.3. The summed E-state index contributed by atoms with van der Waals surface area (Å²) in [4.78, 5) is 11.2. The summed E-state index contributed by atoms with van der Waals surface area (Å²) < 4.78 is 19.0. The average Bonchev–Trinajstić information content (AvgIpc) is 2.84. The van der Waals surface area contributed by atoms with E-state index in [-0.39, 0.29) is 18.2 Å². The maximum absolute atomic E-state index is 13.5. The number of carbonyl (C=O) groups excluding carboxylic acids is 1. The topological polar surface area (TPSA) is 81.0 Å². The van der Waals surface area contributed by atoms with Gasteiger partial charge in [-0.25, -0.2) is 4.39 Å². The number of amides is 1. The third-order valence-electron chi connectivity index (χ3n) is 2.79. The number of primary amides is 1. The van der Waals surface area contributed by atoms with Gasteiger partial charge >= 0.3 is 0 Å². The third kappa shape index (κ3) is 5.83. The molecule has 2 heterocycles. The van der Waals surface area contributed by atoms with Crippen LogP contribution in [0.2, 0.25) is 0 Å². The van der Waals surface area contributed by atoms with Gasteiger partial charge in [0.25, 0.3) is 5.91 Å². The first kappa shape index (κ1) is 19.6. The Kier molecular flexibility index (Phi) is 8.17. The predicted molar refractivity (Wildman–Crippen MR) is 81.9 cm³/mol. The van der Waals surface area contributed by atoms with Crippen LogP contribution in [0.15, 0.2) is 0 Å². The van der Waals surface area contributed by atoms with Crippen molar-refractivity contribution in [2.75, 3.05) is 0 Å². The highest BCUT2D eigenvalue weighted by Gasteiger charge is 2.30. The summed E-state index contributed by atoms with van der Waals surface area (Å²) in [5, 5.41) is 6.58. The Morgan fingerprint density at radius 1 is 1.43 bits per heavy atom. The number of nitrogens with one attached hydrogen (secondary N) is 1. The zero-order chi connectivity index (χ0) is 16.6. The Bertz CT molecular complexity index is 439. The number of nitrogens with two attached hydrogens (primary N) is 1. The molecule has 3 N–H and O–H groups in total. The second-order valence-electron chi connectivity index (χ2n) is 4.95. The maximum atomic E-state index is 13.5. The molecule has 2 rings (SSSR count). The van der Waals surface area contributed by atoms with E-state index in [1.54, 1.807) is 0 Å². The molecule has 21 heavy (non-hydrogen) atoms. The van der Waals surface area contributed by atoms with E-state index in [1.165, 1.54) is 13.8 Å². The lowest BCUT2D eigenvalue weighted by Crippen LogP contribution is -2.30. The molecule has 122 valence electrons. The highest BCUT2D eigenvalue weighted by molar-refractivity contribution is 5.92. The molecule has 0 saturated carbocycles. The summed E-state index contributed by atoms with van der Waals surface area (Å²) in [5.74, 6) is -0.567. The molecular formula is C15H28FN3O2. The van der Waals surface area contributed by atoms with Crippen LogP contribution in [0.3, 0.4) is 0 Å². The number of hydrogen-bond acceptors (Lipinski definition) is 3. The highest BCUT2D eigenvalue weighted by Crippen LogP contribution is 2.27. The van der Waals surface area contributed by atoms with Crippen molar-refractivity contribution >= 4 is 5.91 Å². The standard InChI is InChI=1S/C11H16FN3O2.2C2H6/c1-11(2,12)4-6-3-7-8(5-17-6)14-15-9(7)10(13)16;2*1-2/h6H,3-5H2,1-2H3,(H2,13,16)(H,14,15);2*1-2H3. The van der Waals surface area contributed by atoms with Gasteiger partial charge in [0, 0.05) is 18.4 Å². The number of H-pyrrole nitrogens is 1. The minimum Gasteiger partial charge on any atom is -0.371 e. The monoisotopic (exact) mass is 301 g/mol. The Morgan fingerprint density at radius 2 is 2.00 bits per heavy atom. The molecule has 0 radical (unpaired) electrons. The molecular weight excluding hydrogens is 273 g/mol. The molecule has 1 amide bonds. The van der Waals surface area contributed by atoms with E-state index in [0.29, 0.717) is 13.0 Å². The average molecular weight is 301 g/mol. The number of alkyl halides is 1. The summed E-state index contributed by atoms with van der Waals surface area (Å²) in [7, 11) is 0. The van der Waals surface area contributed by atoms with E-state index in [0.717, 1.165) is 11.3 Å². The molecule has 6 heteroatoms. The fourth-order valence-electron chi connectivity index (χ4n) is 2.10. The summed E-state index contributed by atoms with van der Waals surface area (Å²) >= 11 is 0. The minimum atomic E-state index is -1.29. The van der Waals surface area contributed by atoms with Gasteiger partial charge in [-0.3, -0.25) is 9.89 Å². The molecule has 1 aliphatic heterocycles. The van der Waals surface area contributed by atoms with Crippen molar-refractivity contribution < 1.29 is 13.9 Å². The quantitative estimate of drug-likeness (QED) is 0.900. The molecule has 0 aromatic carbocycles. The van der Waals surface area contributed by atoms with Crippen LogP contribution in [-0.4, -0.2) is 27.9 Å². The van der Waals surface area contributed by atoms with Crippen LogP contribution < -0.4 is 5.73 Å². The van der Waals surface area contributed by atoms with Crippen molar-refractivity contribution in [1.82, 2.24) is 10.2 Å². The van der Waals surface area contributed by atoms with Crippen LogP contribution in [0.25, 0.3) is 0 Å². The second kappa shape index (κ2) is 8.77. The molecule has 1 atom stereocenters. The smallest absolute Gasteiger partial charge is 0.269 e. The zero-order valence-corrected chi connectivity index (χ0v) is 13.9. The lowest BCUT2D eigenvalue weighted by molar-refractivity contribution is -0.00819. The molecule has 5 nitrogen and oxygen atoms in total. The molecule has 0 fully saturated rings. The Labute approximate surface area is 126 Å². The number of nitrogens with zero attached hydrogens (tertiary/aromatic N) is 1. The summed E-state index contributed by atoms with van der Waals surface area (Å²) in [5.41, 5.74) is 5.68. The van der Waals surface area contributed by atoms with Crippen LogP contribution >= 0.6 is 0 Å². The van der Waals surface area contributed by atoms with Crippen molar-refractivity contribution in [1.29, 1.82) is 0 Å². The molecule has 0 bridgehead atoms. The van der Waals surface area contributed by atoms with Gasteiger partial charge in [-0.1, -0.05) is 27.7 Å². The number of fused-ring (bicyclic) bond motifs is 1. The number of carbonyl (C=O) groups is 1. The summed E-state index contributed by atoms with van der Waals surface area (Å²) in [6, 6.07) is 0. The van der Waals surface area contributed by atoms with Gasteiger partial charge in [0.05, 0.1) is 18.4 Å². The molecule has 0 saturated heterocycles. The Balaban J connectivity index is 0.000000921. The lowest BCUT2D eigenvalue weighted by Gasteiger charge is -2.26. The fraction of sp³-hybridized carbons (Fsp3) is 0.733. The first-order valence-electron chi connectivity index (χ1n) is 7.53. The van der Waals surface area contributed by atoms with Crippen LogP contribution in [0.4, 0.5) is 4.39 Å². The lowest BCUT2D eigenvalue weighted by atomic mass is 9.94. The van der Waals surface area contributed by atoms with E-state index >= 15 is 0 Å². The molecule has 1 aromatic heterocycles. The first-order chi connectivity index (χ1) is 9.87. The van der Waals surface area contributed by atoms with E-state index in [2.05, 4.69) is 10.2 Å². The van der Waals surface area contributed by atoms with Gasteiger partial charge in [-0.15, -0.1) is 0 Å². The van der Waals surface area contributed by atoms with E-state index in [4.69, 9.17) is 10.5 Å². The number of ether oxygens (including phenoxy) is 1. The van der Waals surface area contributed by atoms with Crippen LogP contribution in [0.5, 0.6) is 0 Å². The van der Waals surface area contributed by atoms with Crippen LogP contribution in [-0.2, 0) is 17.8 Å². The van der Waals surface area contributed by atoms with Gasteiger partial charge in [-0.2, -0.15) is 5.10 Å². The molecule has 0 spiro atoms. The highest BCUT2D eigenvalue weighted by atomic mass is 19.1. The Hall–Kier alpha value is -1.43. The van der Waals surface area contributed by atoms with Crippen LogP contribution in [0, 0.1) is 0 Å². The predicted octanol–water partition coefficient (Wildman–Crippen LogP) is 3.14. The van der Waals surface area contributed by atoms with Crippen LogP contribution in [0.1, 0.15) is 69.7 Å². The van der Waals surface area contributed by atoms with Gasteiger partial charge in [-0.05, 0) is 13.8 Å². The molecule has 1 aromatic rings. The molecule has 1 unspecified atom stereocenters. The molecule has 0 aliphatic carbocycles. The van der Waals surface area contributed by atoms with Gasteiger partial charge in [0.2, 0.25) is 0 Å². The van der Waals surface area contributed by atoms with Crippen molar-refractivity contribution in [3.63, 3.8) is 0 Å². The Morgan fingerprint density at radius 3 is 2.48 bits per heavy atom. The van der Waals surface area contributed by atoms with E-state index < -0.39 is 11.6 Å². The van der Waals surface area contributed by atoms with Gasteiger partial charge in [0.1, 0.15) is 5.67 Å². The normalized spacial score (nSPS) is 16.8. The summed E-state index contributed by atoms with van der Waals surface area (Å²) in [6.07, 6.45) is 0.519. The van der Waals surface area contributed by atoms with Gasteiger partial charge in [0.15, 0.2) is 5.69 Å². The number of rotatable bonds is 3. The SMILES string of the molecule is CC.CC.CC(C)(F)CC1Cc2c(C(N)=O)n[nH]c2CO1. The van der Waals surface area contributed by atoms with Crippen molar-refractivity contribution in [2.45, 2.75) is 72.8 Å². The van der Waals surface area contributed by atoms with E-state index in [1.807, 2.05) is 27.7 Å². The zero-order valence-electron chi connectivity index (χ0n) is 13.9. The van der Waals surface area contributed by atoms with Gasteiger partial charge < -0.3 is 10.5 Å². The number of halogens is 1. The first-order valence-corrected chi connectivity index (χ1v) is 7.53. The van der Waals surface area contributed by atoms with Crippen molar-refractivity contribution in [3.8, 4) is 0 Å². The number of hydrogen-bond donors (Lipinski definition) is 2. The number of aromatic amines is 1. The van der Waals surface area contributed by atoms with E-state index in [9.17, 15) is 9.18 Å². The molecule has 1 aliphatic rings. The fourth-order valence-corrected chi connectivity index (χ4v) is 2.10. The van der Waals surface area contributed by atoms with Crippen molar-refractivity contribution in [2.24, 2.45) is 5.73 Å². The minimum absolute atomic E-state index is 0.238. The third-order valence-corrected chi connectivity index (χ3v) is 2.79. The van der Waals surface area contributed by atoms with Crippen molar-refractivity contribution in [3.05, 3.63) is 17.0 Å².